The van der Waals surface area contributed by atoms with Gasteiger partial charge in [-0.1, -0.05) is 32.9 Å². The molecule has 0 aromatic heterocycles. The van der Waals surface area contributed by atoms with Crippen LogP contribution in [0.1, 0.15) is 64.0 Å². The Kier molecular flexibility index (Phi) is 5.80. The van der Waals surface area contributed by atoms with Crippen LogP contribution < -0.4 is 10.6 Å². The molecule has 0 unspecified atom stereocenters. The molecule has 0 spiro atoms. The molecule has 2 saturated heterocycles. The van der Waals surface area contributed by atoms with E-state index in [-0.39, 0.29) is 17.4 Å². The largest absolute Gasteiger partial charge is 0.353 e. The summed E-state index contributed by atoms with van der Waals surface area (Å²) >= 11 is 5.83. The van der Waals surface area contributed by atoms with Crippen molar-refractivity contribution in [3.05, 3.63) is 29.3 Å². The number of thiocarbonyl (C=S) groups is 1. The molecule has 2 aliphatic rings. The summed E-state index contributed by atoms with van der Waals surface area (Å²) in [4.78, 5) is 14.8. The molecule has 2 aliphatic heterocycles. The number of hydrogen-bond acceptors (Lipinski definition) is 2. The van der Waals surface area contributed by atoms with Crippen molar-refractivity contribution in [2.75, 3.05) is 5.32 Å². The molecule has 1 amide bonds. The van der Waals surface area contributed by atoms with E-state index >= 15 is 0 Å². The zero-order chi connectivity index (χ0) is 19.8. The van der Waals surface area contributed by atoms with Crippen LogP contribution in [0.25, 0.3) is 0 Å². The van der Waals surface area contributed by atoms with Gasteiger partial charge in [-0.25, -0.2) is 0 Å². The molecule has 0 aliphatic carbocycles. The summed E-state index contributed by atoms with van der Waals surface area (Å²) in [6, 6.07) is 7.50. The fraction of sp³-hybridized carbons (Fsp3) is 0.636. The summed E-state index contributed by atoms with van der Waals surface area (Å²) in [6.07, 6.45) is 5.50. The lowest BCUT2D eigenvalue weighted by Gasteiger charge is -2.50. The van der Waals surface area contributed by atoms with Gasteiger partial charge in [0.1, 0.15) is 0 Å². The maximum atomic E-state index is 12.4. The summed E-state index contributed by atoms with van der Waals surface area (Å²) in [6.45, 7) is 10.1. The van der Waals surface area contributed by atoms with E-state index in [0.29, 0.717) is 12.1 Å². The van der Waals surface area contributed by atoms with Crippen molar-refractivity contribution in [2.45, 2.75) is 84.8 Å². The molecule has 2 N–H and O–H groups in total. The quantitative estimate of drug-likeness (QED) is 0.731. The lowest BCUT2D eigenvalue weighted by Crippen LogP contribution is -2.60. The molecule has 2 atom stereocenters. The zero-order valence-electron chi connectivity index (χ0n) is 17.3. The van der Waals surface area contributed by atoms with E-state index in [0.717, 1.165) is 36.5 Å². The van der Waals surface area contributed by atoms with Gasteiger partial charge in [0.2, 0.25) is 5.91 Å². The van der Waals surface area contributed by atoms with Gasteiger partial charge in [0.15, 0.2) is 5.11 Å². The Bertz CT molecular complexity index is 711. The number of nitrogens with one attached hydrogen (secondary N) is 2. The van der Waals surface area contributed by atoms with Crippen molar-refractivity contribution in [3.8, 4) is 0 Å². The third-order valence-electron chi connectivity index (χ3n) is 5.86. The highest BCUT2D eigenvalue weighted by molar-refractivity contribution is 7.80. The standard InChI is InChI=1S/C22H33N3OS/c1-14-9-10-15(2)19(11-14)24-21(27)25-17-7-6-8-18(25)13-16(12-17)23-20(26)22(3,4)5/h9-11,16-18H,6-8,12-13H2,1-5H3,(H,23,26)(H,24,27)/t17-,18-/m1/s1. The van der Waals surface area contributed by atoms with Crippen LogP contribution in [0.3, 0.4) is 0 Å². The van der Waals surface area contributed by atoms with Gasteiger partial charge in [-0.05, 0) is 75.4 Å². The fourth-order valence-corrected chi connectivity index (χ4v) is 4.69. The van der Waals surface area contributed by atoms with E-state index < -0.39 is 0 Å². The average Bonchev–Trinajstić information content (AvgIpc) is 2.56. The second-order valence-corrected chi connectivity index (χ2v) is 9.67. The van der Waals surface area contributed by atoms with Gasteiger partial charge in [-0.3, -0.25) is 4.79 Å². The molecule has 2 bridgehead atoms. The molecule has 1 aromatic rings. The minimum absolute atomic E-state index is 0.148. The first kappa shape index (κ1) is 20.1. The number of fused-ring (bicyclic) bond motifs is 2. The van der Waals surface area contributed by atoms with Gasteiger partial charge in [0, 0.05) is 29.2 Å². The van der Waals surface area contributed by atoms with E-state index in [1.807, 2.05) is 20.8 Å². The predicted octanol–water partition coefficient (Wildman–Crippen LogP) is 4.55. The van der Waals surface area contributed by atoms with E-state index in [1.54, 1.807) is 0 Å². The van der Waals surface area contributed by atoms with Crippen molar-refractivity contribution in [1.82, 2.24) is 10.2 Å². The second kappa shape index (κ2) is 7.78. The summed E-state index contributed by atoms with van der Waals surface area (Å²) in [5.41, 5.74) is 3.20. The molecule has 4 nitrogen and oxygen atoms in total. The zero-order valence-corrected chi connectivity index (χ0v) is 18.1. The minimum atomic E-state index is -0.341. The van der Waals surface area contributed by atoms with Gasteiger partial charge in [-0.2, -0.15) is 0 Å². The summed E-state index contributed by atoms with van der Waals surface area (Å²) in [7, 11) is 0. The van der Waals surface area contributed by atoms with Crippen LogP contribution in [-0.4, -0.2) is 34.0 Å². The fourth-order valence-electron chi connectivity index (χ4n) is 4.28. The van der Waals surface area contributed by atoms with E-state index in [4.69, 9.17) is 12.2 Å². The average molecular weight is 388 g/mol. The Morgan fingerprint density at radius 3 is 2.37 bits per heavy atom. The first-order chi connectivity index (χ1) is 12.6. The van der Waals surface area contributed by atoms with Gasteiger partial charge < -0.3 is 15.5 Å². The second-order valence-electron chi connectivity index (χ2n) is 9.29. The molecule has 5 heteroatoms. The lowest BCUT2D eigenvalue weighted by atomic mass is 9.81. The van der Waals surface area contributed by atoms with Crippen molar-refractivity contribution < 1.29 is 4.79 Å². The van der Waals surface area contributed by atoms with Crippen LogP contribution in [0.2, 0.25) is 0 Å². The Morgan fingerprint density at radius 2 is 1.78 bits per heavy atom. The first-order valence-electron chi connectivity index (χ1n) is 10.1. The first-order valence-corrected chi connectivity index (χ1v) is 10.5. The van der Waals surface area contributed by atoms with Crippen LogP contribution >= 0.6 is 12.2 Å². The molecular formula is C22H33N3OS. The number of hydrogen-bond donors (Lipinski definition) is 2. The smallest absolute Gasteiger partial charge is 0.225 e. The highest BCUT2D eigenvalue weighted by Gasteiger charge is 2.40. The predicted molar refractivity (Wildman–Crippen MR) is 116 cm³/mol. The molecular weight excluding hydrogens is 354 g/mol. The molecule has 2 heterocycles. The molecule has 148 valence electrons. The number of amides is 1. The number of anilines is 1. The highest BCUT2D eigenvalue weighted by Crippen LogP contribution is 2.35. The molecule has 1 aromatic carbocycles. The SMILES string of the molecule is Cc1ccc(C)c(NC(=S)N2[C@@H]3CCC[C@@H]2CC(NC(=O)C(C)(C)C)C3)c1. The third kappa shape index (κ3) is 4.63. The highest BCUT2D eigenvalue weighted by atomic mass is 32.1. The Labute approximate surface area is 169 Å². The van der Waals surface area contributed by atoms with Crippen molar-refractivity contribution in [1.29, 1.82) is 0 Å². The van der Waals surface area contributed by atoms with E-state index in [1.165, 1.54) is 17.5 Å². The van der Waals surface area contributed by atoms with E-state index in [9.17, 15) is 4.79 Å². The number of nitrogens with zero attached hydrogens (tertiary/aromatic N) is 1. The van der Waals surface area contributed by atoms with Gasteiger partial charge >= 0.3 is 0 Å². The minimum Gasteiger partial charge on any atom is -0.353 e. The van der Waals surface area contributed by atoms with Crippen molar-refractivity contribution in [3.63, 3.8) is 0 Å². The Morgan fingerprint density at radius 1 is 1.15 bits per heavy atom. The lowest BCUT2D eigenvalue weighted by molar-refractivity contribution is -0.129. The van der Waals surface area contributed by atoms with Gasteiger partial charge in [0.25, 0.3) is 0 Å². The molecule has 3 rings (SSSR count). The number of benzene rings is 1. The maximum Gasteiger partial charge on any atom is 0.225 e. The number of carbonyl (C=O) groups is 1. The number of piperidine rings is 2. The normalized spacial score (nSPS) is 25.1. The van der Waals surface area contributed by atoms with Crippen LogP contribution in [0, 0.1) is 19.3 Å². The van der Waals surface area contributed by atoms with Crippen molar-refractivity contribution in [2.24, 2.45) is 5.41 Å². The third-order valence-corrected chi connectivity index (χ3v) is 6.17. The van der Waals surface area contributed by atoms with Crippen molar-refractivity contribution >= 4 is 28.9 Å². The van der Waals surface area contributed by atoms with Gasteiger partial charge in [0.05, 0.1) is 0 Å². The number of aryl methyl sites for hydroxylation is 2. The summed E-state index contributed by atoms with van der Waals surface area (Å²) < 4.78 is 0. The number of carbonyl (C=O) groups excluding carboxylic acids is 1. The van der Waals surface area contributed by atoms with Gasteiger partial charge in [-0.15, -0.1) is 0 Å². The molecule has 0 radical (unpaired) electrons. The topological polar surface area (TPSA) is 44.4 Å². The van der Waals surface area contributed by atoms with Crippen LogP contribution in [0.5, 0.6) is 0 Å². The van der Waals surface area contributed by atoms with Crippen LogP contribution in [0.4, 0.5) is 5.69 Å². The molecule has 27 heavy (non-hydrogen) atoms. The summed E-state index contributed by atoms with van der Waals surface area (Å²) in [5, 5.41) is 7.62. The van der Waals surface area contributed by atoms with E-state index in [2.05, 4.69) is 47.6 Å². The molecule has 0 saturated carbocycles. The monoisotopic (exact) mass is 387 g/mol. The maximum absolute atomic E-state index is 12.4. The molecule has 2 fully saturated rings. The summed E-state index contributed by atoms with van der Waals surface area (Å²) in [5.74, 6) is 0.148. The number of rotatable bonds is 2. The Hall–Kier alpha value is -1.62. The Balaban J connectivity index is 1.69. The van der Waals surface area contributed by atoms with Crippen LogP contribution in [0.15, 0.2) is 18.2 Å². The van der Waals surface area contributed by atoms with Crippen LogP contribution in [-0.2, 0) is 4.79 Å².